The number of likely N-dealkylation sites (tertiary alicyclic amines) is 1. The van der Waals surface area contributed by atoms with Crippen LogP contribution in [0.15, 0.2) is 48.5 Å². The molecule has 27 heavy (non-hydrogen) atoms. The van der Waals surface area contributed by atoms with Crippen LogP contribution in [0.25, 0.3) is 0 Å². The Hall–Kier alpha value is -3.15. The first-order chi connectivity index (χ1) is 13.1. The summed E-state index contributed by atoms with van der Waals surface area (Å²) in [5.41, 5.74) is 1.79. The van der Waals surface area contributed by atoms with E-state index in [1.165, 1.54) is 0 Å². The van der Waals surface area contributed by atoms with Crippen molar-refractivity contribution >= 4 is 17.8 Å². The largest absolute Gasteiger partial charge is 0.462 e. The molecule has 0 N–H and O–H groups in total. The number of esters is 2. The van der Waals surface area contributed by atoms with E-state index in [0.29, 0.717) is 36.4 Å². The van der Waals surface area contributed by atoms with Crippen LogP contribution in [0.4, 0.5) is 0 Å². The Morgan fingerprint density at radius 2 is 1.59 bits per heavy atom. The maximum atomic E-state index is 12.3. The highest BCUT2D eigenvalue weighted by Crippen LogP contribution is 2.17. The smallest absolute Gasteiger partial charge is 0.343 e. The Balaban J connectivity index is 1.59. The minimum Gasteiger partial charge on any atom is -0.462 e. The lowest BCUT2D eigenvalue weighted by Crippen LogP contribution is -2.23. The van der Waals surface area contributed by atoms with Gasteiger partial charge in [0.15, 0.2) is 0 Å². The lowest BCUT2D eigenvalue weighted by Gasteiger charge is -2.15. The number of carbonyl (C=O) groups is 3. The van der Waals surface area contributed by atoms with Gasteiger partial charge in [0, 0.05) is 19.5 Å². The lowest BCUT2D eigenvalue weighted by molar-refractivity contribution is -0.128. The number of hydrogen-bond acceptors (Lipinski definition) is 5. The molecule has 2 aromatic carbocycles. The topological polar surface area (TPSA) is 72.9 Å². The number of nitrogens with zero attached hydrogens (tertiary/aromatic N) is 1. The van der Waals surface area contributed by atoms with E-state index in [1.54, 1.807) is 43.3 Å². The third-order valence-corrected chi connectivity index (χ3v) is 4.31. The first kappa shape index (κ1) is 18.6. The number of hydrogen-bond donors (Lipinski definition) is 0. The van der Waals surface area contributed by atoms with Crippen LogP contribution in [-0.2, 0) is 16.1 Å². The van der Waals surface area contributed by atoms with Crippen LogP contribution in [0.1, 0.15) is 46.0 Å². The van der Waals surface area contributed by atoms with Crippen molar-refractivity contribution in [2.75, 3.05) is 13.2 Å². The molecule has 6 nitrogen and oxygen atoms in total. The molecule has 0 radical (unpaired) electrons. The molecule has 0 unspecified atom stereocenters. The summed E-state index contributed by atoms with van der Waals surface area (Å²) in [6.45, 7) is 3.38. The molecule has 1 saturated heterocycles. The summed E-state index contributed by atoms with van der Waals surface area (Å²) in [5, 5.41) is 0. The normalized spacial score (nSPS) is 13.5. The van der Waals surface area contributed by atoms with Crippen molar-refractivity contribution in [1.82, 2.24) is 4.90 Å². The third kappa shape index (κ3) is 4.73. The Bertz CT molecular complexity index is 827. The van der Waals surface area contributed by atoms with Gasteiger partial charge in [-0.1, -0.05) is 12.1 Å². The average molecular weight is 367 g/mol. The zero-order valence-electron chi connectivity index (χ0n) is 15.1. The number of carbonyl (C=O) groups excluding carboxylic acids is 3. The van der Waals surface area contributed by atoms with Crippen LogP contribution in [-0.4, -0.2) is 35.9 Å². The molecule has 0 aromatic heterocycles. The van der Waals surface area contributed by atoms with Gasteiger partial charge in [-0.25, -0.2) is 9.59 Å². The molecule has 2 aromatic rings. The fraction of sp³-hybridized carbons (Fsp3) is 0.286. The molecule has 0 aliphatic carbocycles. The quantitative estimate of drug-likeness (QED) is 0.579. The summed E-state index contributed by atoms with van der Waals surface area (Å²) in [5.74, 6) is -0.380. The Morgan fingerprint density at radius 3 is 2.19 bits per heavy atom. The SMILES string of the molecule is CCOC(=O)c1ccc(OC(=O)c2ccc(CN3CCCC3=O)cc2)cc1. The van der Waals surface area contributed by atoms with E-state index in [4.69, 9.17) is 9.47 Å². The second kappa shape index (κ2) is 8.49. The Kier molecular flexibility index (Phi) is 5.86. The first-order valence-corrected chi connectivity index (χ1v) is 8.93. The van der Waals surface area contributed by atoms with Crippen LogP contribution in [0, 0.1) is 0 Å². The number of rotatable bonds is 6. The van der Waals surface area contributed by atoms with Crippen molar-refractivity contribution in [3.8, 4) is 5.75 Å². The van der Waals surface area contributed by atoms with Crippen molar-refractivity contribution in [2.45, 2.75) is 26.3 Å². The van der Waals surface area contributed by atoms with Crippen LogP contribution in [0.3, 0.4) is 0 Å². The van der Waals surface area contributed by atoms with E-state index >= 15 is 0 Å². The van der Waals surface area contributed by atoms with E-state index in [9.17, 15) is 14.4 Å². The fourth-order valence-corrected chi connectivity index (χ4v) is 2.88. The maximum Gasteiger partial charge on any atom is 0.343 e. The molecule has 0 saturated carbocycles. The minimum absolute atomic E-state index is 0.171. The second-order valence-corrected chi connectivity index (χ2v) is 6.25. The predicted octanol–water partition coefficient (Wildman–Crippen LogP) is 3.20. The van der Waals surface area contributed by atoms with Crippen LogP contribution < -0.4 is 4.74 Å². The van der Waals surface area contributed by atoms with E-state index in [2.05, 4.69) is 0 Å². The van der Waals surface area contributed by atoms with E-state index in [1.807, 2.05) is 17.0 Å². The molecular weight excluding hydrogens is 346 g/mol. The van der Waals surface area contributed by atoms with Crippen molar-refractivity contribution < 1.29 is 23.9 Å². The number of benzene rings is 2. The summed E-state index contributed by atoms with van der Waals surface area (Å²) in [7, 11) is 0. The van der Waals surface area contributed by atoms with Gasteiger partial charge in [-0.15, -0.1) is 0 Å². The van der Waals surface area contributed by atoms with Gasteiger partial charge in [0.1, 0.15) is 5.75 Å². The molecule has 140 valence electrons. The molecule has 0 spiro atoms. The average Bonchev–Trinajstić information content (AvgIpc) is 3.07. The Labute approximate surface area is 157 Å². The minimum atomic E-state index is -0.484. The molecule has 1 fully saturated rings. The zero-order valence-corrected chi connectivity index (χ0v) is 15.1. The highest BCUT2D eigenvalue weighted by atomic mass is 16.5. The summed E-state index contributed by atoms with van der Waals surface area (Å²) in [6, 6.07) is 13.2. The summed E-state index contributed by atoms with van der Waals surface area (Å²) in [4.78, 5) is 37.4. The van der Waals surface area contributed by atoms with Crippen LogP contribution in [0.5, 0.6) is 5.75 Å². The monoisotopic (exact) mass is 367 g/mol. The molecule has 0 bridgehead atoms. The summed E-state index contributed by atoms with van der Waals surface area (Å²) >= 11 is 0. The van der Waals surface area contributed by atoms with Crippen molar-refractivity contribution in [1.29, 1.82) is 0 Å². The van der Waals surface area contributed by atoms with E-state index in [0.717, 1.165) is 18.5 Å². The van der Waals surface area contributed by atoms with Crippen LogP contribution >= 0.6 is 0 Å². The first-order valence-electron chi connectivity index (χ1n) is 8.93. The standard InChI is InChI=1S/C21H21NO5/c1-2-26-20(24)16-9-11-18(12-10-16)27-21(25)17-7-5-15(6-8-17)14-22-13-3-4-19(22)23/h5-12H,2-4,13-14H2,1H3. The van der Waals surface area contributed by atoms with Gasteiger partial charge < -0.3 is 14.4 Å². The van der Waals surface area contributed by atoms with Gasteiger partial charge in [0.05, 0.1) is 17.7 Å². The highest BCUT2D eigenvalue weighted by molar-refractivity contribution is 5.92. The predicted molar refractivity (Wildman–Crippen MR) is 98.5 cm³/mol. The van der Waals surface area contributed by atoms with E-state index in [-0.39, 0.29) is 5.91 Å². The molecule has 1 aliphatic rings. The highest BCUT2D eigenvalue weighted by Gasteiger charge is 2.20. The van der Waals surface area contributed by atoms with Gasteiger partial charge in [-0.2, -0.15) is 0 Å². The maximum absolute atomic E-state index is 12.3. The molecule has 6 heteroatoms. The number of ether oxygens (including phenoxy) is 2. The molecule has 1 heterocycles. The molecule has 3 rings (SSSR count). The van der Waals surface area contributed by atoms with Gasteiger partial charge >= 0.3 is 11.9 Å². The summed E-state index contributed by atoms with van der Waals surface area (Å²) in [6.07, 6.45) is 1.51. The Morgan fingerprint density at radius 1 is 0.963 bits per heavy atom. The molecular formula is C21H21NO5. The fourth-order valence-electron chi connectivity index (χ4n) is 2.88. The molecule has 1 amide bonds. The van der Waals surface area contributed by atoms with Crippen molar-refractivity contribution in [3.63, 3.8) is 0 Å². The van der Waals surface area contributed by atoms with Crippen LogP contribution in [0.2, 0.25) is 0 Å². The van der Waals surface area contributed by atoms with Gasteiger partial charge in [0.25, 0.3) is 0 Å². The number of amides is 1. The molecule has 1 aliphatic heterocycles. The van der Waals surface area contributed by atoms with Crippen molar-refractivity contribution in [2.24, 2.45) is 0 Å². The van der Waals surface area contributed by atoms with Gasteiger partial charge in [-0.3, -0.25) is 4.79 Å². The third-order valence-electron chi connectivity index (χ3n) is 4.31. The molecule has 0 atom stereocenters. The van der Waals surface area contributed by atoms with Gasteiger partial charge in [0.2, 0.25) is 5.91 Å². The lowest BCUT2D eigenvalue weighted by atomic mass is 10.1. The second-order valence-electron chi connectivity index (χ2n) is 6.25. The van der Waals surface area contributed by atoms with Gasteiger partial charge in [-0.05, 0) is 55.3 Å². The summed E-state index contributed by atoms with van der Waals surface area (Å²) < 4.78 is 10.2. The van der Waals surface area contributed by atoms with Crippen molar-refractivity contribution in [3.05, 3.63) is 65.2 Å². The zero-order chi connectivity index (χ0) is 19.2. The van der Waals surface area contributed by atoms with E-state index < -0.39 is 11.9 Å².